The number of rotatable bonds is 7. The maximum Gasteiger partial charge on any atom is 0.337 e. The fourth-order valence-corrected chi connectivity index (χ4v) is 1.88. The average molecular weight is 261 g/mol. The third-order valence-corrected chi connectivity index (χ3v) is 2.98. The first-order chi connectivity index (χ1) is 9.06. The third kappa shape index (κ3) is 4.78. The van der Waals surface area contributed by atoms with E-state index < -0.39 is 5.97 Å². The van der Waals surface area contributed by atoms with Crippen LogP contribution in [0.2, 0.25) is 0 Å². The second-order valence-electron chi connectivity index (χ2n) is 4.90. The second-order valence-corrected chi connectivity index (χ2v) is 4.90. The Kier molecular flexibility index (Phi) is 6.13. The molecule has 0 aromatic heterocycles. The highest BCUT2D eigenvalue weighted by Crippen LogP contribution is 2.21. The number of carboxylic acids is 1. The van der Waals surface area contributed by atoms with Crippen LogP contribution in [0.25, 0.3) is 0 Å². The SMILES string of the molecule is CCCCN(CC=C(C)C)c1ccccc1C(=O)O. The van der Waals surface area contributed by atoms with Crippen molar-refractivity contribution in [1.82, 2.24) is 0 Å². The average Bonchev–Trinajstić information content (AvgIpc) is 2.38. The summed E-state index contributed by atoms with van der Waals surface area (Å²) in [6.45, 7) is 7.89. The molecule has 0 fully saturated rings. The van der Waals surface area contributed by atoms with E-state index in [1.807, 2.05) is 12.1 Å². The third-order valence-electron chi connectivity index (χ3n) is 2.98. The highest BCUT2D eigenvalue weighted by Gasteiger charge is 2.14. The van der Waals surface area contributed by atoms with Gasteiger partial charge in [0.2, 0.25) is 0 Å². The zero-order valence-corrected chi connectivity index (χ0v) is 12.0. The van der Waals surface area contributed by atoms with Crippen molar-refractivity contribution in [3.8, 4) is 0 Å². The predicted molar refractivity (Wildman–Crippen MR) is 80.0 cm³/mol. The standard InChI is InChI=1S/C16H23NO2/c1-4-5-11-17(12-10-13(2)3)15-9-7-6-8-14(15)16(18)19/h6-10H,4-5,11-12H2,1-3H3,(H,18,19). The van der Waals surface area contributed by atoms with Crippen molar-refractivity contribution in [2.24, 2.45) is 0 Å². The number of para-hydroxylation sites is 1. The highest BCUT2D eigenvalue weighted by atomic mass is 16.4. The Balaban J connectivity index is 3.02. The van der Waals surface area contributed by atoms with E-state index in [4.69, 9.17) is 0 Å². The molecule has 0 heterocycles. The van der Waals surface area contributed by atoms with Crippen molar-refractivity contribution in [2.45, 2.75) is 33.6 Å². The molecule has 3 nitrogen and oxygen atoms in total. The van der Waals surface area contributed by atoms with Gasteiger partial charge < -0.3 is 10.0 Å². The van der Waals surface area contributed by atoms with Crippen molar-refractivity contribution < 1.29 is 9.90 Å². The Labute approximate surface area is 115 Å². The molecule has 0 amide bonds. The first-order valence-electron chi connectivity index (χ1n) is 6.77. The van der Waals surface area contributed by atoms with Crippen LogP contribution in [-0.4, -0.2) is 24.2 Å². The molecule has 0 unspecified atom stereocenters. The van der Waals surface area contributed by atoms with Crippen LogP contribution in [0.4, 0.5) is 5.69 Å². The van der Waals surface area contributed by atoms with Gasteiger partial charge in [0.15, 0.2) is 0 Å². The number of benzene rings is 1. The summed E-state index contributed by atoms with van der Waals surface area (Å²) in [5.41, 5.74) is 2.43. The van der Waals surface area contributed by atoms with Gasteiger partial charge in [-0.1, -0.05) is 37.1 Å². The van der Waals surface area contributed by atoms with E-state index in [0.29, 0.717) is 5.56 Å². The van der Waals surface area contributed by atoms with Crippen LogP contribution in [0.15, 0.2) is 35.9 Å². The van der Waals surface area contributed by atoms with Crippen LogP contribution in [0.3, 0.4) is 0 Å². The van der Waals surface area contributed by atoms with Gasteiger partial charge in [-0.3, -0.25) is 0 Å². The summed E-state index contributed by atoms with van der Waals surface area (Å²) in [7, 11) is 0. The molecule has 0 aliphatic carbocycles. The fourth-order valence-electron chi connectivity index (χ4n) is 1.88. The van der Waals surface area contributed by atoms with Crippen molar-refractivity contribution in [1.29, 1.82) is 0 Å². The minimum Gasteiger partial charge on any atom is -0.478 e. The molecule has 3 heteroatoms. The van der Waals surface area contributed by atoms with E-state index in [1.165, 1.54) is 5.57 Å². The molecule has 0 saturated carbocycles. The summed E-state index contributed by atoms with van der Waals surface area (Å²) < 4.78 is 0. The first-order valence-corrected chi connectivity index (χ1v) is 6.77. The zero-order chi connectivity index (χ0) is 14.3. The van der Waals surface area contributed by atoms with E-state index in [1.54, 1.807) is 12.1 Å². The normalized spacial score (nSPS) is 10.1. The lowest BCUT2D eigenvalue weighted by molar-refractivity contribution is 0.0697. The van der Waals surface area contributed by atoms with Crippen molar-refractivity contribution in [3.63, 3.8) is 0 Å². The summed E-state index contributed by atoms with van der Waals surface area (Å²) >= 11 is 0. The molecule has 104 valence electrons. The number of nitrogens with zero attached hydrogens (tertiary/aromatic N) is 1. The summed E-state index contributed by atoms with van der Waals surface area (Å²) in [5.74, 6) is -0.866. The second kappa shape index (κ2) is 7.62. The number of carbonyl (C=O) groups is 1. The Morgan fingerprint density at radius 3 is 2.58 bits per heavy atom. The van der Waals surface area contributed by atoms with Gasteiger partial charge in [-0.2, -0.15) is 0 Å². The largest absolute Gasteiger partial charge is 0.478 e. The lowest BCUT2D eigenvalue weighted by Gasteiger charge is -2.25. The molecule has 0 spiro atoms. The zero-order valence-electron chi connectivity index (χ0n) is 12.0. The molecule has 1 aromatic rings. The maximum atomic E-state index is 11.3. The summed E-state index contributed by atoms with van der Waals surface area (Å²) in [6, 6.07) is 7.21. The molecule has 1 aromatic carbocycles. The Morgan fingerprint density at radius 2 is 2.00 bits per heavy atom. The maximum absolute atomic E-state index is 11.3. The van der Waals surface area contributed by atoms with Crippen LogP contribution in [-0.2, 0) is 0 Å². The van der Waals surface area contributed by atoms with Gasteiger partial charge in [-0.05, 0) is 32.4 Å². The molecule has 0 aliphatic heterocycles. The molecule has 1 rings (SSSR count). The summed E-state index contributed by atoms with van der Waals surface area (Å²) in [4.78, 5) is 13.4. The first kappa shape index (κ1) is 15.3. The number of unbranched alkanes of at least 4 members (excludes halogenated alkanes) is 1. The summed E-state index contributed by atoms with van der Waals surface area (Å²) in [5, 5.41) is 9.28. The Bertz CT molecular complexity index is 448. The van der Waals surface area contributed by atoms with Gasteiger partial charge in [0.1, 0.15) is 0 Å². The topological polar surface area (TPSA) is 40.5 Å². The van der Waals surface area contributed by atoms with Crippen LogP contribution in [0, 0.1) is 0 Å². The predicted octanol–water partition coefficient (Wildman–Crippen LogP) is 3.96. The van der Waals surface area contributed by atoms with Crippen LogP contribution in [0.1, 0.15) is 44.0 Å². The van der Waals surface area contributed by atoms with E-state index in [0.717, 1.165) is 31.6 Å². The van der Waals surface area contributed by atoms with Crippen molar-refractivity contribution in [2.75, 3.05) is 18.0 Å². The van der Waals surface area contributed by atoms with Gasteiger partial charge in [-0.25, -0.2) is 4.79 Å². The Morgan fingerprint density at radius 1 is 1.32 bits per heavy atom. The lowest BCUT2D eigenvalue weighted by Crippen LogP contribution is -2.26. The van der Waals surface area contributed by atoms with Gasteiger partial charge in [0, 0.05) is 13.1 Å². The van der Waals surface area contributed by atoms with Gasteiger partial charge >= 0.3 is 5.97 Å². The van der Waals surface area contributed by atoms with Crippen molar-refractivity contribution in [3.05, 3.63) is 41.5 Å². The smallest absolute Gasteiger partial charge is 0.337 e. The molecule has 0 radical (unpaired) electrons. The monoisotopic (exact) mass is 261 g/mol. The molecule has 0 saturated heterocycles. The molecular weight excluding hydrogens is 238 g/mol. The molecular formula is C16H23NO2. The number of hydrogen-bond donors (Lipinski definition) is 1. The molecule has 0 aliphatic rings. The van der Waals surface area contributed by atoms with E-state index in [9.17, 15) is 9.90 Å². The quantitative estimate of drug-likeness (QED) is 0.755. The minimum absolute atomic E-state index is 0.376. The van der Waals surface area contributed by atoms with E-state index >= 15 is 0 Å². The molecule has 0 atom stereocenters. The van der Waals surface area contributed by atoms with Gasteiger partial charge in [-0.15, -0.1) is 0 Å². The van der Waals surface area contributed by atoms with Crippen molar-refractivity contribution >= 4 is 11.7 Å². The Hall–Kier alpha value is -1.77. The molecule has 19 heavy (non-hydrogen) atoms. The fraction of sp³-hybridized carbons (Fsp3) is 0.438. The number of carboxylic acid groups (broad SMARTS) is 1. The van der Waals surface area contributed by atoms with E-state index in [2.05, 4.69) is 31.7 Å². The van der Waals surface area contributed by atoms with Crippen LogP contribution < -0.4 is 4.90 Å². The van der Waals surface area contributed by atoms with Gasteiger partial charge in [0.25, 0.3) is 0 Å². The summed E-state index contributed by atoms with van der Waals surface area (Å²) in [6.07, 6.45) is 4.29. The number of aromatic carboxylic acids is 1. The number of hydrogen-bond acceptors (Lipinski definition) is 2. The van der Waals surface area contributed by atoms with Gasteiger partial charge in [0.05, 0.1) is 11.3 Å². The number of anilines is 1. The van der Waals surface area contributed by atoms with Crippen LogP contribution >= 0.6 is 0 Å². The lowest BCUT2D eigenvalue weighted by atomic mass is 10.1. The molecule has 0 bridgehead atoms. The van der Waals surface area contributed by atoms with E-state index in [-0.39, 0.29) is 0 Å². The minimum atomic E-state index is -0.866. The number of allylic oxidation sites excluding steroid dienone is 1. The molecule has 1 N–H and O–H groups in total. The van der Waals surface area contributed by atoms with Crippen LogP contribution in [0.5, 0.6) is 0 Å². The highest BCUT2D eigenvalue weighted by molar-refractivity contribution is 5.94.